The molecule has 0 saturated heterocycles. The Labute approximate surface area is 191 Å². The van der Waals surface area contributed by atoms with E-state index in [0.717, 1.165) is 0 Å². The van der Waals surface area contributed by atoms with E-state index in [9.17, 15) is 0 Å². The van der Waals surface area contributed by atoms with Crippen molar-refractivity contribution in [2.75, 3.05) is 9.80 Å². The van der Waals surface area contributed by atoms with E-state index in [1.807, 2.05) is 0 Å². The number of rotatable bonds is 4. The van der Waals surface area contributed by atoms with Crippen LogP contribution in [0.1, 0.15) is 37.8 Å². The molecule has 0 amide bonds. The molecule has 1 aliphatic heterocycles. The highest BCUT2D eigenvalue weighted by Crippen LogP contribution is 2.48. The monoisotopic (exact) mass is 418 g/mol. The highest BCUT2D eigenvalue weighted by molar-refractivity contribution is 5.89. The zero-order chi connectivity index (χ0) is 22.2. The van der Waals surface area contributed by atoms with Crippen LogP contribution >= 0.6 is 0 Å². The van der Waals surface area contributed by atoms with Gasteiger partial charge in [-0.05, 0) is 72.4 Å². The van der Waals surface area contributed by atoms with E-state index in [4.69, 9.17) is 0 Å². The fraction of sp³-hybridized carbons (Fsp3) is 0.200. The van der Waals surface area contributed by atoms with Gasteiger partial charge in [-0.2, -0.15) is 0 Å². The zero-order valence-corrected chi connectivity index (χ0v) is 19.3. The van der Waals surface area contributed by atoms with Gasteiger partial charge >= 0.3 is 0 Å². The maximum atomic E-state index is 2.49. The van der Waals surface area contributed by atoms with Crippen molar-refractivity contribution < 1.29 is 0 Å². The van der Waals surface area contributed by atoms with Crippen molar-refractivity contribution in [3.05, 3.63) is 108 Å². The van der Waals surface area contributed by atoms with Gasteiger partial charge in [0, 0.05) is 11.4 Å². The molecule has 1 unspecified atom stereocenters. The van der Waals surface area contributed by atoms with Gasteiger partial charge in [-0.15, -0.1) is 0 Å². The first kappa shape index (κ1) is 20.4. The van der Waals surface area contributed by atoms with Crippen LogP contribution in [0.15, 0.2) is 97.1 Å². The first-order chi connectivity index (χ1) is 15.6. The Morgan fingerprint density at radius 1 is 0.656 bits per heavy atom. The van der Waals surface area contributed by atoms with Crippen LogP contribution in [0.2, 0.25) is 0 Å². The Kier molecular flexibility index (Phi) is 5.22. The summed E-state index contributed by atoms with van der Waals surface area (Å²) in [5.41, 5.74) is 10.3. The number of benzene rings is 4. The maximum Gasteiger partial charge on any atom is 0.108 e. The number of para-hydroxylation sites is 3. The Hall–Kier alpha value is -3.52. The van der Waals surface area contributed by atoms with E-state index in [1.165, 1.54) is 45.0 Å². The normalized spacial score (nSPS) is 15.3. The predicted octanol–water partition coefficient (Wildman–Crippen LogP) is 8.42. The average molecular weight is 419 g/mol. The molecule has 1 atom stereocenters. The van der Waals surface area contributed by atoms with Gasteiger partial charge in [-0.1, -0.05) is 80.6 Å². The van der Waals surface area contributed by atoms with E-state index in [2.05, 4.69) is 135 Å². The summed E-state index contributed by atoms with van der Waals surface area (Å²) < 4.78 is 0. The van der Waals surface area contributed by atoms with Crippen molar-refractivity contribution in [3.63, 3.8) is 0 Å². The highest BCUT2D eigenvalue weighted by Gasteiger charge is 2.35. The van der Waals surface area contributed by atoms with Crippen LogP contribution in [-0.2, 0) is 0 Å². The second-order valence-corrected chi connectivity index (χ2v) is 8.94. The zero-order valence-electron chi connectivity index (χ0n) is 19.3. The predicted molar refractivity (Wildman–Crippen MR) is 137 cm³/mol. The SMILES string of the molecule is Cc1ccc(-c2ccccc2C(C)C)cc1N1c2ccccc2N(c2ccccc2)C1C. The number of anilines is 4. The fourth-order valence-electron chi connectivity index (χ4n) is 4.96. The topological polar surface area (TPSA) is 6.48 Å². The third-order valence-electron chi connectivity index (χ3n) is 6.54. The summed E-state index contributed by atoms with van der Waals surface area (Å²) in [6.07, 6.45) is 0.170. The lowest BCUT2D eigenvalue weighted by molar-refractivity contribution is 0.759. The van der Waals surface area contributed by atoms with Crippen LogP contribution in [-0.4, -0.2) is 6.17 Å². The summed E-state index contributed by atoms with van der Waals surface area (Å²) in [5.74, 6) is 0.482. The summed E-state index contributed by atoms with van der Waals surface area (Å²) in [5, 5.41) is 0. The smallest absolute Gasteiger partial charge is 0.108 e. The molecule has 4 aromatic carbocycles. The van der Waals surface area contributed by atoms with Gasteiger partial charge < -0.3 is 9.80 Å². The lowest BCUT2D eigenvalue weighted by Gasteiger charge is -2.31. The van der Waals surface area contributed by atoms with Crippen LogP contribution < -0.4 is 9.80 Å². The molecule has 0 N–H and O–H groups in total. The van der Waals surface area contributed by atoms with Crippen LogP contribution in [0.5, 0.6) is 0 Å². The van der Waals surface area contributed by atoms with Crippen LogP contribution in [0.4, 0.5) is 22.7 Å². The van der Waals surface area contributed by atoms with Crippen molar-refractivity contribution >= 4 is 22.7 Å². The Bertz CT molecular complexity index is 1240. The molecule has 0 fully saturated rings. The third kappa shape index (κ3) is 3.36. The van der Waals surface area contributed by atoms with Crippen molar-refractivity contribution in [3.8, 4) is 11.1 Å². The van der Waals surface area contributed by atoms with Gasteiger partial charge in [0.1, 0.15) is 6.17 Å². The minimum Gasteiger partial charge on any atom is -0.319 e. The molecule has 5 rings (SSSR count). The van der Waals surface area contributed by atoms with Crippen LogP contribution in [0.25, 0.3) is 11.1 Å². The molecule has 0 aliphatic carbocycles. The molecule has 2 nitrogen and oxygen atoms in total. The summed E-state index contributed by atoms with van der Waals surface area (Å²) in [7, 11) is 0. The molecule has 0 bridgehead atoms. The molecule has 1 aliphatic rings. The third-order valence-corrected chi connectivity index (χ3v) is 6.54. The lowest BCUT2D eigenvalue weighted by atomic mass is 9.92. The van der Waals surface area contributed by atoms with Crippen molar-refractivity contribution in [1.29, 1.82) is 0 Å². The van der Waals surface area contributed by atoms with Crippen LogP contribution in [0, 0.1) is 6.92 Å². The molecule has 0 radical (unpaired) electrons. The lowest BCUT2D eigenvalue weighted by Crippen LogP contribution is -2.35. The molecule has 0 aromatic heterocycles. The van der Waals surface area contributed by atoms with Gasteiger partial charge in [0.2, 0.25) is 0 Å². The average Bonchev–Trinajstić information content (AvgIpc) is 3.11. The standard InChI is InChI=1S/C30H30N2/c1-21(2)26-14-8-9-15-27(26)24-19-18-22(3)30(20-24)32-23(4)31(25-12-6-5-7-13-25)28-16-10-11-17-29(28)32/h5-21,23H,1-4H3. The minimum atomic E-state index is 0.170. The Morgan fingerprint density at radius 2 is 1.28 bits per heavy atom. The van der Waals surface area contributed by atoms with E-state index >= 15 is 0 Å². The van der Waals surface area contributed by atoms with Crippen molar-refractivity contribution in [1.82, 2.24) is 0 Å². The van der Waals surface area contributed by atoms with Gasteiger partial charge in [0.05, 0.1) is 11.4 Å². The number of fused-ring (bicyclic) bond motifs is 1. The first-order valence-corrected chi connectivity index (χ1v) is 11.5. The molecule has 160 valence electrons. The van der Waals surface area contributed by atoms with E-state index < -0.39 is 0 Å². The van der Waals surface area contributed by atoms with Gasteiger partial charge in [0.15, 0.2) is 0 Å². The quantitative estimate of drug-likeness (QED) is 0.328. The highest BCUT2D eigenvalue weighted by atomic mass is 15.4. The number of hydrogen-bond donors (Lipinski definition) is 0. The number of aryl methyl sites for hydroxylation is 1. The fourth-order valence-corrected chi connectivity index (χ4v) is 4.96. The van der Waals surface area contributed by atoms with Gasteiger partial charge in [-0.25, -0.2) is 0 Å². The summed E-state index contributed by atoms with van der Waals surface area (Å²) in [6, 6.07) is 35.1. The first-order valence-electron chi connectivity index (χ1n) is 11.5. The van der Waals surface area contributed by atoms with Crippen LogP contribution in [0.3, 0.4) is 0 Å². The van der Waals surface area contributed by atoms with Gasteiger partial charge in [0.25, 0.3) is 0 Å². The molecule has 2 heteroatoms. The molecule has 0 spiro atoms. The summed E-state index contributed by atoms with van der Waals surface area (Å²) >= 11 is 0. The number of hydrogen-bond acceptors (Lipinski definition) is 2. The second kappa shape index (κ2) is 8.20. The maximum absolute atomic E-state index is 2.49. The van der Waals surface area contributed by atoms with E-state index in [-0.39, 0.29) is 6.17 Å². The molecule has 0 saturated carbocycles. The molecular weight excluding hydrogens is 388 g/mol. The number of nitrogens with zero attached hydrogens (tertiary/aromatic N) is 2. The van der Waals surface area contributed by atoms with Crippen molar-refractivity contribution in [2.24, 2.45) is 0 Å². The Morgan fingerprint density at radius 3 is 2.00 bits per heavy atom. The van der Waals surface area contributed by atoms with E-state index in [1.54, 1.807) is 0 Å². The van der Waals surface area contributed by atoms with E-state index in [0.29, 0.717) is 5.92 Å². The second-order valence-electron chi connectivity index (χ2n) is 8.94. The van der Waals surface area contributed by atoms with Crippen molar-refractivity contribution in [2.45, 2.75) is 39.8 Å². The summed E-state index contributed by atoms with van der Waals surface area (Å²) in [6.45, 7) is 9.05. The van der Waals surface area contributed by atoms with Gasteiger partial charge in [-0.3, -0.25) is 0 Å². The summed E-state index contributed by atoms with van der Waals surface area (Å²) in [4.78, 5) is 4.92. The Balaban J connectivity index is 1.65. The molecule has 4 aromatic rings. The molecular formula is C30H30N2. The molecule has 32 heavy (non-hydrogen) atoms. The molecule has 1 heterocycles. The minimum absolute atomic E-state index is 0.170. The largest absolute Gasteiger partial charge is 0.319 e.